The number of esters is 1. The molecular weight excluding hydrogens is 516 g/mol. The third-order valence-electron chi connectivity index (χ3n) is 6.36. The van der Waals surface area contributed by atoms with E-state index in [4.69, 9.17) is 18.6 Å². The number of rotatable bonds is 14. The van der Waals surface area contributed by atoms with Gasteiger partial charge in [0.2, 0.25) is 5.76 Å². The molecule has 0 unspecified atom stereocenters. The lowest BCUT2D eigenvalue weighted by Gasteiger charge is -2.42. The van der Waals surface area contributed by atoms with E-state index in [1.165, 1.54) is 10.4 Å². The Bertz CT molecular complexity index is 1180. The fourth-order valence-electron chi connectivity index (χ4n) is 4.57. The monoisotopic (exact) mass is 558 g/mol. The zero-order chi connectivity index (χ0) is 28.8. The minimum absolute atomic E-state index is 0.140. The third-order valence-corrected chi connectivity index (χ3v) is 11.4. The van der Waals surface area contributed by atoms with Gasteiger partial charge < -0.3 is 18.6 Å². The van der Waals surface area contributed by atoms with E-state index < -0.39 is 14.3 Å². The van der Waals surface area contributed by atoms with Crippen molar-refractivity contribution in [3.8, 4) is 0 Å². The van der Waals surface area contributed by atoms with Crippen LogP contribution in [0.3, 0.4) is 0 Å². The first-order valence-electron chi connectivity index (χ1n) is 13.8. The lowest BCUT2D eigenvalue weighted by atomic mass is 10.2. The Morgan fingerprint density at radius 1 is 0.775 bits per heavy atom. The maximum absolute atomic E-state index is 12.9. The second-order valence-corrected chi connectivity index (χ2v) is 15.1. The molecule has 0 amide bonds. The molecule has 0 spiro atoms. The first-order chi connectivity index (χ1) is 19.2. The van der Waals surface area contributed by atoms with Crippen LogP contribution in [-0.4, -0.2) is 40.2 Å². The van der Waals surface area contributed by atoms with Crippen LogP contribution >= 0.6 is 0 Å². The number of benzene rings is 3. The van der Waals surface area contributed by atoms with Crippen LogP contribution in [0.1, 0.15) is 40.2 Å². The average molecular weight is 559 g/mol. The minimum Gasteiger partial charge on any atom is -0.482 e. The summed E-state index contributed by atoms with van der Waals surface area (Å²) in [5.74, 6) is -0.365. The summed E-state index contributed by atoms with van der Waals surface area (Å²) < 4.78 is 23.9. The second-order valence-electron chi connectivity index (χ2n) is 10.8. The number of hydrogen-bond donors (Lipinski definition) is 0. The topological polar surface area (TPSA) is 54.0 Å². The summed E-state index contributed by atoms with van der Waals surface area (Å²) in [4.78, 5) is 12.9. The number of carbonyl (C=O) groups excluding carboxylic acids is 1. The maximum Gasteiger partial charge on any atom is 0.373 e. The molecule has 0 saturated carbocycles. The van der Waals surface area contributed by atoms with E-state index in [9.17, 15) is 4.79 Å². The van der Waals surface area contributed by atoms with Crippen molar-refractivity contribution < 1.29 is 23.4 Å². The predicted octanol–water partition coefficient (Wildman–Crippen LogP) is 6.19. The average Bonchev–Trinajstić information content (AvgIpc) is 2.94. The third kappa shape index (κ3) is 8.78. The van der Waals surface area contributed by atoms with Crippen molar-refractivity contribution in [1.82, 2.24) is 0 Å². The van der Waals surface area contributed by atoms with E-state index in [2.05, 4.69) is 69.3 Å². The Morgan fingerprint density at radius 2 is 1.30 bits per heavy atom. The van der Waals surface area contributed by atoms with Crippen molar-refractivity contribution in [2.24, 2.45) is 0 Å². The zero-order valence-electron chi connectivity index (χ0n) is 24.3. The predicted molar refractivity (Wildman–Crippen MR) is 164 cm³/mol. The molecule has 0 aromatic heterocycles. The molecule has 0 aliphatic carbocycles. The van der Waals surface area contributed by atoms with E-state index >= 15 is 0 Å². The maximum atomic E-state index is 12.9. The lowest BCUT2D eigenvalue weighted by molar-refractivity contribution is -0.146. The van der Waals surface area contributed by atoms with Crippen molar-refractivity contribution in [1.29, 1.82) is 0 Å². The highest BCUT2D eigenvalue weighted by Crippen LogP contribution is 2.36. The quantitative estimate of drug-likeness (QED) is 0.0590. The molecule has 5 nitrogen and oxygen atoms in total. The fraction of sp³-hybridized carbons (Fsp3) is 0.324. The molecule has 0 fully saturated rings. The molecule has 0 N–H and O–H groups in total. The highest BCUT2D eigenvalue weighted by Gasteiger charge is 2.50. The molecule has 0 heterocycles. The van der Waals surface area contributed by atoms with Crippen LogP contribution in [-0.2, 0) is 30.0 Å². The van der Waals surface area contributed by atoms with Crippen molar-refractivity contribution in [3.63, 3.8) is 0 Å². The van der Waals surface area contributed by atoms with Crippen LogP contribution in [0.15, 0.2) is 115 Å². The molecule has 0 atom stereocenters. The van der Waals surface area contributed by atoms with Gasteiger partial charge in [0.05, 0.1) is 25.9 Å². The summed E-state index contributed by atoms with van der Waals surface area (Å²) in [5, 5.41) is 2.17. The summed E-state index contributed by atoms with van der Waals surface area (Å²) in [5.41, 5.74) is 1.12. The minimum atomic E-state index is -2.75. The Morgan fingerprint density at radius 3 is 1.82 bits per heavy atom. The molecule has 0 aliphatic heterocycles. The van der Waals surface area contributed by atoms with Gasteiger partial charge in [-0.05, 0) is 47.0 Å². The highest BCUT2D eigenvalue weighted by molar-refractivity contribution is 6.99. The zero-order valence-corrected chi connectivity index (χ0v) is 25.3. The fourth-order valence-corrected chi connectivity index (χ4v) is 9.06. The standard InChI is InChI=1S/C34H42O5Si/c1-28(2)39-33(35)32(37-25-16-15-24-36-27-29-17-9-6-10-18-29)23-26-38-40(34(3,4)5,30-19-11-7-12-20-30)31-21-13-8-14-22-31/h6-23,28H,24-27H2,1-5H3/b16-15-,32-23+. The summed E-state index contributed by atoms with van der Waals surface area (Å²) >= 11 is 0. The van der Waals surface area contributed by atoms with Crippen molar-refractivity contribution in [2.45, 2.75) is 52.4 Å². The molecule has 0 saturated heterocycles. The molecule has 3 rings (SSSR count). The number of ether oxygens (including phenoxy) is 3. The smallest absolute Gasteiger partial charge is 0.373 e. The van der Waals surface area contributed by atoms with Gasteiger partial charge in [-0.15, -0.1) is 0 Å². The summed E-state index contributed by atoms with van der Waals surface area (Å²) in [6.45, 7) is 11.7. The van der Waals surface area contributed by atoms with Gasteiger partial charge >= 0.3 is 5.97 Å². The SMILES string of the molecule is CC(C)OC(=O)/C(=C\CO[Si](c1ccccc1)(c1ccccc1)C(C)(C)C)OC/C=C\COCc1ccccc1. The van der Waals surface area contributed by atoms with Gasteiger partial charge in [0.25, 0.3) is 8.32 Å². The molecule has 0 radical (unpaired) electrons. The second kappa shape index (κ2) is 15.4. The molecule has 0 aliphatic rings. The Labute approximate surface area is 240 Å². The van der Waals surface area contributed by atoms with Gasteiger partial charge in [-0.2, -0.15) is 0 Å². The molecule has 3 aromatic rings. The van der Waals surface area contributed by atoms with Gasteiger partial charge in [-0.25, -0.2) is 4.79 Å². The highest BCUT2D eigenvalue weighted by atomic mass is 28.4. The summed E-state index contributed by atoms with van der Waals surface area (Å²) in [6.07, 6.45) is 5.15. The molecule has 40 heavy (non-hydrogen) atoms. The van der Waals surface area contributed by atoms with Crippen LogP contribution in [0.5, 0.6) is 0 Å². The Balaban J connectivity index is 1.74. The van der Waals surface area contributed by atoms with E-state index in [0.717, 1.165) is 5.56 Å². The molecule has 212 valence electrons. The first-order valence-corrected chi connectivity index (χ1v) is 15.7. The van der Waals surface area contributed by atoms with Gasteiger partial charge in [-0.1, -0.05) is 118 Å². The van der Waals surface area contributed by atoms with Crippen LogP contribution in [0.4, 0.5) is 0 Å². The van der Waals surface area contributed by atoms with Gasteiger partial charge in [0, 0.05) is 0 Å². The van der Waals surface area contributed by atoms with E-state index in [-0.39, 0.29) is 30.1 Å². The Hall–Kier alpha value is -3.45. The summed E-state index contributed by atoms with van der Waals surface area (Å²) in [6, 6.07) is 30.8. The first kappa shape index (κ1) is 31.1. The van der Waals surface area contributed by atoms with Crippen LogP contribution < -0.4 is 10.4 Å². The molecule has 3 aromatic carbocycles. The number of hydrogen-bond acceptors (Lipinski definition) is 5. The number of carbonyl (C=O) groups is 1. The van der Waals surface area contributed by atoms with Gasteiger partial charge in [0.1, 0.15) is 6.61 Å². The molecular formula is C34H42O5Si. The largest absolute Gasteiger partial charge is 0.482 e. The van der Waals surface area contributed by atoms with E-state index in [0.29, 0.717) is 13.2 Å². The van der Waals surface area contributed by atoms with E-state index in [1.54, 1.807) is 6.08 Å². The Kier molecular flexibility index (Phi) is 11.9. The lowest BCUT2D eigenvalue weighted by Crippen LogP contribution is -2.66. The normalized spacial score (nSPS) is 12.6. The van der Waals surface area contributed by atoms with Crippen molar-refractivity contribution in [3.05, 3.63) is 121 Å². The van der Waals surface area contributed by atoms with Gasteiger partial charge in [0.15, 0.2) is 0 Å². The van der Waals surface area contributed by atoms with Gasteiger partial charge in [-0.3, -0.25) is 0 Å². The van der Waals surface area contributed by atoms with Crippen LogP contribution in [0.25, 0.3) is 0 Å². The van der Waals surface area contributed by atoms with E-state index in [1.807, 2.05) is 68.5 Å². The summed E-state index contributed by atoms with van der Waals surface area (Å²) in [7, 11) is -2.75. The van der Waals surface area contributed by atoms with Crippen LogP contribution in [0.2, 0.25) is 5.04 Å². The van der Waals surface area contributed by atoms with Crippen molar-refractivity contribution >= 4 is 24.7 Å². The molecule has 6 heteroatoms. The molecule has 0 bridgehead atoms. The van der Waals surface area contributed by atoms with Crippen molar-refractivity contribution in [2.75, 3.05) is 19.8 Å². The van der Waals surface area contributed by atoms with Crippen LogP contribution in [0, 0.1) is 0 Å².